The van der Waals surface area contributed by atoms with Crippen LogP contribution in [0.3, 0.4) is 0 Å². The Morgan fingerprint density at radius 3 is 2.35 bits per heavy atom. The number of hydrogen-bond donors (Lipinski definition) is 0. The van der Waals surface area contributed by atoms with Crippen LogP contribution in [0.4, 0.5) is 5.69 Å². The molecular weight excluding hydrogens is 643 g/mol. The van der Waals surface area contributed by atoms with Gasteiger partial charge in [0.05, 0.1) is 27.0 Å². The summed E-state index contributed by atoms with van der Waals surface area (Å²) in [4.78, 5) is 28.7. The van der Waals surface area contributed by atoms with E-state index in [1.165, 1.54) is 24.0 Å². The largest absolute Gasteiger partial charge is 0.497 e. The highest BCUT2D eigenvalue weighted by Crippen LogP contribution is 2.37. The fraction of sp³-hybridized carbons (Fsp3) is 0.179. The van der Waals surface area contributed by atoms with Crippen LogP contribution in [-0.4, -0.2) is 49.8 Å². The Hall–Kier alpha value is -3.31. The Labute approximate surface area is 255 Å². The van der Waals surface area contributed by atoms with Crippen LogP contribution in [0.5, 0.6) is 17.2 Å². The van der Waals surface area contributed by atoms with Crippen LogP contribution in [0.15, 0.2) is 64.8 Å². The molecule has 4 rings (SSSR count). The molecular formula is C28H23BrCl2N2O6S. The van der Waals surface area contributed by atoms with Gasteiger partial charge in [-0.2, -0.15) is 0 Å². The quantitative estimate of drug-likeness (QED) is 0.146. The van der Waals surface area contributed by atoms with Crippen molar-refractivity contribution in [3.05, 3.63) is 85.9 Å². The van der Waals surface area contributed by atoms with Crippen molar-refractivity contribution >= 4 is 80.1 Å². The van der Waals surface area contributed by atoms with Crippen LogP contribution in [0.2, 0.25) is 10.0 Å². The number of ether oxygens (including phenoxy) is 4. The van der Waals surface area contributed by atoms with E-state index in [-0.39, 0.29) is 24.0 Å². The predicted molar refractivity (Wildman–Crippen MR) is 161 cm³/mol. The molecule has 0 bridgehead atoms. The topological polar surface area (TPSA) is 77.5 Å². The lowest BCUT2D eigenvalue weighted by Crippen LogP contribution is -2.35. The minimum Gasteiger partial charge on any atom is -0.497 e. The molecule has 0 aromatic heterocycles. The minimum atomic E-state index is -0.557. The first-order valence-electron chi connectivity index (χ1n) is 11.7. The molecule has 1 saturated heterocycles. The summed E-state index contributed by atoms with van der Waals surface area (Å²) in [6.07, 6.45) is 1.62. The predicted octanol–water partition coefficient (Wildman–Crippen LogP) is 6.50. The van der Waals surface area contributed by atoms with Crippen molar-refractivity contribution in [2.45, 2.75) is 6.61 Å². The number of carbonyl (C=O) groups excluding carboxylic acids is 2. The second-order valence-electron chi connectivity index (χ2n) is 8.36. The number of anilines is 1. The number of thiocarbonyl (C=S) groups is 1. The van der Waals surface area contributed by atoms with Gasteiger partial charge < -0.3 is 23.8 Å². The summed E-state index contributed by atoms with van der Waals surface area (Å²) in [6.45, 7) is -0.0763. The lowest BCUT2D eigenvalue weighted by Gasteiger charge is -2.19. The monoisotopic (exact) mass is 664 g/mol. The van der Waals surface area contributed by atoms with E-state index in [9.17, 15) is 9.59 Å². The van der Waals surface area contributed by atoms with Gasteiger partial charge in [0.15, 0.2) is 16.6 Å². The molecule has 1 amide bonds. The van der Waals surface area contributed by atoms with Crippen LogP contribution in [0, 0.1) is 0 Å². The highest BCUT2D eigenvalue weighted by Gasteiger charge is 2.40. The molecule has 3 aromatic rings. The molecule has 0 spiro atoms. The third kappa shape index (κ3) is 6.36. The van der Waals surface area contributed by atoms with Crippen molar-refractivity contribution in [2.24, 2.45) is 0 Å². The Morgan fingerprint density at radius 1 is 1.00 bits per heavy atom. The third-order valence-electron chi connectivity index (χ3n) is 5.95. The van der Waals surface area contributed by atoms with Gasteiger partial charge in [0, 0.05) is 20.1 Å². The molecule has 1 heterocycles. The average Bonchev–Trinajstić information content (AvgIpc) is 3.17. The molecule has 0 saturated carbocycles. The van der Waals surface area contributed by atoms with Crippen molar-refractivity contribution < 1.29 is 28.5 Å². The zero-order valence-corrected chi connectivity index (χ0v) is 25.5. The Balaban J connectivity index is 1.69. The lowest BCUT2D eigenvalue weighted by atomic mass is 10.1. The molecule has 1 aliphatic heterocycles. The van der Waals surface area contributed by atoms with E-state index in [0.29, 0.717) is 43.0 Å². The van der Waals surface area contributed by atoms with E-state index < -0.39 is 11.9 Å². The summed E-state index contributed by atoms with van der Waals surface area (Å²) < 4.78 is 22.2. The smallest absolute Gasteiger partial charge is 0.325 e. The van der Waals surface area contributed by atoms with Crippen molar-refractivity contribution in [1.29, 1.82) is 0 Å². The van der Waals surface area contributed by atoms with Gasteiger partial charge in [0.2, 0.25) is 0 Å². The molecule has 1 fully saturated rings. The average molecular weight is 666 g/mol. The molecule has 3 aromatic carbocycles. The first-order valence-corrected chi connectivity index (χ1v) is 13.6. The van der Waals surface area contributed by atoms with Gasteiger partial charge in [-0.3, -0.25) is 14.5 Å². The number of amides is 1. The molecule has 208 valence electrons. The van der Waals surface area contributed by atoms with Gasteiger partial charge in [0.1, 0.15) is 24.6 Å². The number of esters is 1. The summed E-state index contributed by atoms with van der Waals surface area (Å²) in [7, 11) is 4.33. The van der Waals surface area contributed by atoms with E-state index in [0.717, 1.165) is 5.56 Å². The van der Waals surface area contributed by atoms with E-state index in [4.69, 9.17) is 54.4 Å². The Morgan fingerprint density at radius 2 is 1.73 bits per heavy atom. The van der Waals surface area contributed by atoms with Gasteiger partial charge >= 0.3 is 5.97 Å². The molecule has 0 aliphatic carbocycles. The van der Waals surface area contributed by atoms with E-state index >= 15 is 0 Å². The number of rotatable bonds is 9. The van der Waals surface area contributed by atoms with E-state index in [1.807, 2.05) is 0 Å². The lowest BCUT2D eigenvalue weighted by molar-refractivity contribution is -0.140. The third-order valence-corrected chi connectivity index (χ3v) is 7.63. The molecule has 1 aliphatic rings. The highest BCUT2D eigenvalue weighted by molar-refractivity contribution is 9.10. The van der Waals surface area contributed by atoms with Crippen molar-refractivity contribution in [3.8, 4) is 17.2 Å². The zero-order valence-electron chi connectivity index (χ0n) is 21.6. The molecule has 0 radical (unpaired) electrons. The van der Waals surface area contributed by atoms with Crippen LogP contribution < -0.4 is 19.1 Å². The van der Waals surface area contributed by atoms with E-state index in [1.54, 1.807) is 67.8 Å². The molecule has 8 nitrogen and oxygen atoms in total. The van der Waals surface area contributed by atoms with Crippen LogP contribution in [-0.2, 0) is 20.9 Å². The number of halogens is 3. The van der Waals surface area contributed by atoms with Gasteiger partial charge in [-0.15, -0.1) is 0 Å². The first-order chi connectivity index (χ1) is 19.2. The summed E-state index contributed by atoms with van der Waals surface area (Å²) in [5.74, 6) is 0.517. The maximum Gasteiger partial charge on any atom is 0.325 e. The van der Waals surface area contributed by atoms with Gasteiger partial charge in [-0.1, -0.05) is 45.2 Å². The Kier molecular flexibility index (Phi) is 9.57. The molecule has 12 heteroatoms. The highest BCUT2D eigenvalue weighted by atomic mass is 79.9. The van der Waals surface area contributed by atoms with Crippen molar-refractivity contribution in [3.63, 3.8) is 0 Å². The number of nitrogens with zero attached hydrogens (tertiary/aromatic N) is 2. The molecule has 0 atom stereocenters. The number of benzene rings is 3. The zero-order chi connectivity index (χ0) is 29.0. The molecule has 0 unspecified atom stereocenters. The maximum absolute atomic E-state index is 13.7. The van der Waals surface area contributed by atoms with E-state index in [2.05, 4.69) is 15.9 Å². The normalized spacial score (nSPS) is 14.1. The standard InChI is InChI=1S/C28H23BrCl2N2O6S/c1-36-20-8-6-19(7-9-20)33-27(35)23(32(28(33)40)14-26(34)38-3)10-17-11-24(37-2)25(13-21(17)29)39-15-16-4-5-18(30)12-22(16)31/h4-13H,14-15H2,1-3H3/b23-10-. The maximum atomic E-state index is 13.7. The molecule has 40 heavy (non-hydrogen) atoms. The second-order valence-corrected chi connectivity index (χ2v) is 10.4. The summed E-state index contributed by atoms with van der Waals surface area (Å²) in [6, 6.07) is 15.4. The molecule has 0 N–H and O–H groups in total. The number of methoxy groups -OCH3 is 3. The second kappa shape index (κ2) is 12.9. The van der Waals surface area contributed by atoms with Gasteiger partial charge in [-0.25, -0.2) is 0 Å². The van der Waals surface area contributed by atoms with Gasteiger partial charge in [-0.05, 0) is 72.4 Å². The Bertz CT molecular complexity index is 1500. The summed E-state index contributed by atoms with van der Waals surface area (Å²) >= 11 is 21.4. The number of carbonyl (C=O) groups is 2. The summed E-state index contributed by atoms with van der Waals surface area (Å²) in [5, 5.41) is 1.14. The first kappa shape index (κ1) is 29.7. The van der Waals surface area contributed by atoms with Crippen LogP contribution in [0.25, 0.3) is 6.08 Å². The van der Waals surface area contributed by atoms with Crippen LogP contribution in [0.1, 0.15) is 11.1 Å². The fourth-order valence-electron chi connectivity index (χ4n) is 3.86. The van der Waals surface area contributed by atoms with Gasteiger partial charge in [0.25, 0.3) is 5.91 Å². The van der Waals surface area contributed by atoms with Crippen molar-refractivity contribution in [1.82, 2.24) is 4.90 Å². The summed E-state index contributed by atoms with van der Waals surface area (Å²) in [5.41, 5.74) is 2.04. The fourth-order valence-corrected chi connectivity index (χ4v) is 5.11. The van der Waals surface area contributed by atoms with Crippen molar-refractivity contribution in [2.75, 3.05) is 32.8 Å². The van der Waals surface area contributed by atoms with Crippen LogP contribution >= 0.6 is 51.3 Å². The SMILES string of the molecule is COC(=O)CN1C(=S)N(c2ccc(OC)cc2)C(=O)/C1=C/c1cc(OC)c(OCc2ccc(Cl)cc2Cl)cc1Br. The number of hydrogen-bond acceptors (Lipinski definition) is 7. The minimum absolute atomic E-state index is 0.134.